The number of nitrogens with one attached hydrogen (secondary N) is 2. The molecule has 0 unspecified atom stereocenters. The summed E-state index contributed by atoms with van der Waals surface area (Å²) in [6.45, 7) is 2.45. The fraction of sp³-hybridized carbons (Fsp3) is 0.269. The Morgan fingerprint density at radius 1 is 1.03 bits per heavy atom. The molecule has 0 aliphatic heterocycles. The van der Waals surface area contributed by atoms with Gasteiger partial charge in [0, 0.05) is 30.2 Å². The summed E-state index contributed by atoms with van der Waals surface area (Å²) in [6, 6.07) is 15.8. The molecule has 180 valence electrons. The molecule has 0 saturated carbocycles. The van der Waals surface area contributed by atoms with Crippen LogP contribution in [0.5, 0.6) is 11.5 Å². The SMILES string of the molecule is C[C@H](Cc1cccc(CC(=O)NCc2ccc(F)cc2Cl)c1)NC[C@H](O)c1cc(O)cc(O)c1. The van der Waals surface area contributed by atoms with E-state index in [0.717, 1.165) is 11.1 Å². The van der Waals surface area contributed by atoms with Crippen molar-refractivity contribution in [3.63, 3.8) is 0 Å². The summed E-state index contributed by atoms with van der Waals surface area (Å²) < 4.78 is 13.1. The second-order valence-corrected chi connectivity index (χ2v) is 8.73. The van der Waals surface area contributed by atoms with Crippen LogP contribution < -0.4 is 10.6 Å². The Morgan fingerprint density at radius 3 is 2.44 bits per heavy atom. The number of hydrogen-bond acceptors (Lipinski definition) is 5. The summed E-state index contributed by atoms with van der Waals surface area (Å²) in [5, 5.41) is 35.8. The Hall–Kier alpha value is -3.13. The van der Waals surface area contributed by atoms with Crippen molar-refractivity contribution in [2.24, 2.45) is 0 Å². The van der Waals surface area contributed by atoms with Crippen LogP contribution in [0.15, 0.2) is 60.7 Å². The zero-order chi connectivity index (χ0) is 24.7. The van der Waals surface area contributed by atoms with Crippen molar-refractivity contribution < 1.29 is 24.5 Å². The van der Waals surface area contributed by atoms with Crippen LogP contribution in [0.3, 0.4) is 0 Å². The molecule has 0 aromatic heterocycles. The third-order valence-electron chi connectivity index (χ3n) is 5.36. The zero-order valence-electron chi connectivity index (χ0n) is 18.8. The van der Waals surface area contributed by atoms with Crippen LogP contribution >= 0.6 is 11.6 Å². The van der Waals surface area contributed by atoms with Gasteiger partial charge in [0.1, 0.15) is 17.3 Å². The number of aromatic hydroxyl groups is 2. The van der Waals surface area contributed by atoms with Gasteiger partial charge in [-0.3, -0.25) is 4.79 Å². The Balaban J connectivity index is 1.48. The Kier molecular flexibility index (Phi) is 8.87. The average Bonchev–Trinajstić information content (AvgIpc) is 2.76. The van der Waals surface area contributed by atoms with E-state index < -0.39 is 11.9 Å². The van der Waals surface area contributed by atoms with Crippen LogP contribution in [-0.4, -0.2) is 33.8 Å². The number of carbonyl (C=O) groups is 1. The van der Waals surface area contributed by atoms with Crippen LogP contribution in [-0.2, 0) is 24.2 Å². The number of phenolic OH excluding ortho intramolecular Hbond substituents is 2. The molecule has 2 atom stereocenters. The standard InChI is InChI=1S/C26H28ClFN2O4/c1-16(29-15-25(33)20-10-22(31)13-23(32)11-20)7-17-3-2-4-18(8-17)9-26(34)30-14-19-5-6-21(28)12-24(19)27/h2-6,8,10-13,16,25,29,31-33H,7,9,14-15H2,1H3,(H,30,34)/t16-,25+/m1/s1. The molecule has 0 heterocycles. The van der Waals surface area contributed by atoms with Gasteiger partial charge in [0.25, 0.3) is 0 Å². The molecule has 1 amide bonds. The number of halogens is 2. The lowest BCUT2D eigenvalue weighted by Gasteiger charge is -2.18. The predicted octanol–water partition coefficient (Wildman–Crippen LogP) is 4.00. The maximum Gasteiger partial charge on any atom is 0.224 e. The smallest absolute Gasteiger partial charge is 0.224 e. The highest BCUT2D eigenvalue weighted by atomic mass is 35.5. The summed E-state index contributed by atoms with van der Waals surface area (Å²) in [5.41, 5.74) is 2.97. The second-order valence-electron chi connectivity index (χ2n) is 8.32. The highest BCUT2D eigenvalue weighted by Crippen LogP contribution is 2.24. The van der Waals surface area contributed by atoms with E-state index in [9.17, 15) is 24.5 Å². The predicted molar refractivity (Wildman–Crippen MR) is 129 cm³/mol. The van der Waals surface area contributed by atoms with Gasteiger partial charge in [-0.05, 0) is 59.9 Å². The average molecular weight is 487 g/mol. The van der Waals surface area contributed by atoms with Crippen LogP contribution in [0.4, 0.5) is 4.39 Å². The molecule has 3 aromatic rings. The first-order valence-corrected chi connectivity index (χ1v) is 11.3. The molecular formula is C26H28ClFN2O4. The van der Waals surface area contributed by atoms with E-state index >= 15 is 0 Å². The molecule has 6 nitrogen and oxygen atoms in total. The van der Waals surface area contributed by atoms with Gasteiger partial charge >= 0.3 is 0 Å². The first-order chi connectivity index (χ1) is 16.2. The van der Waals surface area contributed by atoms with Crippen molar-refractivity contribution in [2.45, 2.75) is 38.5 Å². The fourth-order valence-electron chi connectivity index (χ4n) is 3.64. The number of carbonyl (C=O) groups excluding carboxylic acids is 1. The summed E-state index contributed by atoms with van der Waals surface area (Å²) in [5.74, 6) is -0.803. The van der Waals surface area contributed by atoms with Crippen LogP contribution in [0.2, 0.25) is 5.02 Å². The van der Waals surface area contributed by atoms with E-state index in [0.29, 0.717) is 17.5 Å². The van der Waals surface area contributed by atoms with Crippen molar-refractivity contribution in [1.82, 2.24) is 10.6 Å². The van der Waals surface area contributed by atoms with E-state index in [1.165, 1.54) is 30.3 Å². The molecule has 34 heavy (non-hydrogen) atoms. The van der Waals surface area contributed by atoms with Gasteiger partial charge in [0.2, 0.25) is 5.91 Å². The molecule has 3 rings (SSSR count). The molecule has 0 aliphatic carbocycles. The molecule has 0 radical (unpaired) electrons. The lowest BCUT2D eigenvalue weighted by atomic mass is 10.0. The highest BCUT2D eigenvalue weighted by molar-refractivity contribution is 6.31. The van der Waals surface area contributed by atoms with E-state index in [2.05, 4.69) is 10.6 Å². The Labute approximate surface area is 203 Å². The largest absolute Gasteiger partial charge is 0.508 e. The van der Waals surface area contributed by atoms with E-state index in [1.807, 2.05) is 31.2 Å². The minimum Gasteiger partial charge on any atom is -0.508 e. The number of phenols is 2. The number of hydrogen-bond donors (Lipinski definition) is 5. The maximum atomic E-state index is 13.1. The first-order valence-electron chi connectivity index (χ1n) is 10.9. The minimum atomic E-state index is -0.884. The first kappa shape index (κ1) is 25.5. The van der Waals surface area contributed by atoms with Gasteiger partial charge in [-0.25, -0.2) is 4.39 Å². The van der Waals surface area contributed by atoms with Gasteiger partial charge in [-0.2, -0.15) is 0 Å². The number of rotatable bonds is 10. The van der Waals surface area contributed by atoms with Gasteiger partial charge < -0.3 is 26.0 Å². The molecular weight excluding hydrogens is 459 g/mol. The van der Waals surface area contributed by atoms with Gasteiger partial charge in [0.15, 0.2) is 0 Å². The molecule has 0 bridgehead atoms. The molecule has 5 N–H and O–H groups in total. The van der Waals surface area contributed by atoms with E-state index in [4.69, 9.17) is 11.6 Å². The van der Waals surface area contributed by atoms with E-state index in [1.54, 1.807) is 6.07 Å². The van der Waals surface area contributed by atoms with Crippen LogP contribution in [0.1, 0.15) is 35.3 Å². The molecule has 0 spiro atoms. The van der Waals surface area contributed by atoms with Gasteiger partial charge in [-0.1, -0.05) is 41.9 Å². The van der Waals surface area contributed by atoms with E-state index in [-0.39, 0.29) is 48.0 Å². The molecule has 0 fully saturated rings. The zero-order valence-corrected chi connectivity index (χ0v) is 19.5. The number of aliphatic hydroxyl groups is 1. The number of aliphatic hydroxyl groups excluding tert-OH is 1. The minimum absolute atomic E-state index is 0.0326. The van der Waals surface area contributed by atoms with Crippen molar-refractivity contribution in [3.05, 3.63) is 93.8 Å². The third-order valence-corrected chi connectivity index (χ3v) is 5.71. The second kappa shape index (κ2) is 11.8. The van der Waals surface area contributed by atoms with Crippen LogP contribution in [0, 0.1) is 5.82 Å². The summed E-state index contributed by atoms with van der Waals surface area (Å²) in [6.07, 6.45) is -0.00240. The highest BCUT2D eigenvalue weighted by Gasteiger charge is 2.13. The van der Waals surface area contributed by atoms with Crippen LogP contribution in [0.25, 0.3) is 0 Å². The van der Waals surface area contributed by atoms with Crippen molar-refractivity contribution in [3.8, 4) is 11.5 Å². The molecule has 0 aliphatic rings. The lowest BCUT2D eigenvalue weighted by molar-refractivity contribution is -0.120. The van der Waals surface area contributed by atoms with Gasteiger partial charge in [-0.15, -0.1) is 0 Å². The van der Waals surface area contributed by atoms with Crippen molar-refractivity contribution in [1.29, 1.82) is 0 Å². The van der Waals surface area contributed by atoms with Crippen molar-refractivity contribution in [2.75, 3.05) is 6.54 Å². The third kappa shape index (κ3) is 7.73. The Morgan fingerprint density at radius 2 is 1.74 bits per heavy atom. The topological polar surface area (TPSA) is 102 Å². The summed E-state index contributed by atoms with van der Waals surface area (Å²) in [4.78, 5) is 12.4. The molecule has 3 aromatic carbocycles. The van der Waals surface area contributed by atoms with Gasteiger partial charge in [0.05, 0.1) is 12.5 Å². The number of amides is 1. The summed E-state index contributed by atoms with van der Waals surface area (Å²) >= 11 is 6.00. The monoisotopic (exact) mass is 486 g/mol. The quantitative estimate of drug-likeness (QED) is 0.298. The maximum absolute atomic E-state index is 13.1. The Bertz CT molecular complexity index is 1120. The van der Waals surface area contributed by atoms with Crippen molar-refractivity contribution >= 4 is 17.5 Å². The fourth-order valence-corrected chi connectivity index (χ4v) is 3.87. The molecule has 8 heteroatoms. The lowest BCUT2D eigenvalue weighted by Crippen LogP contribution is -2.32. The number of benzene rings is 3. The molecule has 0 saturated heterocycles. The normalized spacial score (nSPS) is 12.8. The summed E-state index contributed by atoms with van der Waals surface area (Å²) in [7, 11) is 0.